The number of amides is 2. The molecule has 3 rings (SSSR count). The highest BCUT2D eigenvalue weighted by Crippen LogP contribution is 2.31. The third kappa shape index (κ3) is 3.68. The Hall–Kier alpha value is -1.95. The molecule has 25 heavy (non-hydrogen) atoms. The Kier molecular flexibility index (Phi) is 5.37. The zero-order valence-electron chi connectivity index (χ0n) is 14.9. The number of carbonyl (C=O) groups is 2. The number of hydrogen-bond acceptors (Lipinski definition) is 3. The predicted molar refractivity (Wildman–Crippen MR) is 93.3 cm³/mol. The van der Waals surface area contributed by atoms with Crippen LogP contribution in [0.15, 0.2) is 24.3 Å². The molecule has 5 nitrogen and oxygen atoms in total. The molecule has 6 heteroatoms. The standard InChI is InChI=1S/C19H26FN3O2/c1-3-16(23-11-4-5-17(23)24)19(25)21-15-10-12-22(2)18(15)13-6-8-14(20)9-7-13/h6-9,15-16,18H,3-5,10-12H2,1-2H3,(H,21,25)/t15-,16-,18+/m1/s1. The van der Waals surface area contributed by atoms with E-state index in [1.165, 1.54) is 12.1 Å². The Balaban J connectivity index is 1.72. The van der Waals surface area contributed by atoms with Crippen molar-refractivity contribution >= 4 is 11.8 Å². The average Bonchev–Trinajstić information content (AvgIpc) is 3.16. The Morgan fingerprint density at radius 3 is 2.64 bits per heavy atom. The van der Waals surface area contributed by atoms with E-state index in [1.807, 2.05) is 14.0 Å². The highest BCUT2D eigenvalue weighted by atomic mass is 19.1. The first kappa shape index (κ1) is 17.9. The van der Waals surface area contributed by atoms with Gasteiger partial charge in [0.25, 0.3) is 0 Å². The molecule has 0 aromatic heterocycles. The summed E-state index contributed by atoms with van der Waals surface area (Å²) in [4.78, 5) is 28.7. The van der Waals surface area contributed by atoms with Crippen LogP contribution in [0.25, 0.3) is 0 Å². The van der Waals surface area contributed by atoms with Gasteiger partial charge < -0.3 is 10.2 Å². The second-order valence-electron chi connectivity index (χ2n) is 7.00. The average molecular weight is 347 g/mol. The quantitative estimate of drug-likeness (QED) is 0.887. The normalized spacial score (nSPS) is 25.4. The number of halogens is 1. The van der Waals surface area contributed by atoms with Crippen LogP contribution >= 0.6 is 0 Å². The van der Waals surface area contributed by atoms with E-state index in [4.69, 9.17) is 0 Å². The van der Waals surface area contributed by atoms with Crippen LogP contribution in [-0.4, -0.2) is 53.8 Å². The highest BCUT2D eigenvalue weighted by Gasteiger charge is 2.37. The van der Waals surface area contributed by atoms with Gasteiger partial charge in [-0.3, -0.25) is 14.5 Å². The molecule has 0 aliphatic carbocycles. The molecule has 2 aliphatic rings. The summed E-state index contributed by atoms with van der Waals surface area (Å²) >= 11 is 0. The Labute approximate surface area is 148 Å². The van der Waals surface area contributed by atoms with Crippen molar-refractivity contribution in [2.45, 2.75) is 50.7 Å². The lowest BCUT2D eigenvalue weighted by Gasteiger charge is -2.30. The van der Waals surface area contributed by atoms with Gasteiger partial charge in [0, 0.05) is 25.6 Å². The summed E-state index contributed by atoms with van der Waals surface area (Å²) in [6.07, 6.45) is 2.82. The fourth-order valence-corrected chi connectivity index (χ4v) is 4.07. The number of rotatable bonds is 5. The minimum absolute atomic E-state index is 0.0244. The number of likely N-dealkylation sites (N-methyl/N-ethyl adjacent to an activating group) is 1. The van der Waals surface area contributed by atoms with Crippen molar-refractivity contribution in [2.24, 2.45) is 0 Å². The molecule has 0 bridgehead atoms. The molecule has 3 atom stereocenters. The van der Waals surface area contributed by atoms with Gasteiger partial charge in [-0.2, -0.15) is 0 Å². The first-order valence-corrected chi connectivity index (χ1v) is 9.06. The molecular formula is C19H26FN3O2. The fourth-order valence-electron chi connectivity index (χ4n) is 4.07. The molecule has 2 fully saturated rings. The monoisotopic (exact) mass is 347 g/mol. The second kappa shape index (κ2) is 7.52. The highest BCUT2D eigenvalue weighted by molar-refractivity contribution is 5.88. The molecule has 2 heterocycles. The first-order chi connectivity index (χ1) is 12.0. The number of carbonyl (C=O) groups excluding carboxylic acids is 2. The van der Waals surface area contributed by atoms with Gasteiger partial charge >= 0.3 is 0 Å². The maximum absolute atomic E-state index is 13.2. The van der Waals surface area contributed by atoms with E-state index in [2.05, 4.69) is 10.2 Å². The van der Waals surface area contributed by atoms with Crippen molar-refractivity contribution in [3.05, 3.63) is 35.6 Å². The van der Waals surface area contributed by atoms with Gasteiger partial charge in [-0.05, 0) is 44.0 Å². The summed E-state index contributed by atoms with van der Waals surface area (Å²) in [6.45, 7) is 3.47. The smallest absolute Gasteiger partial charge is 0.243 e. The van der Waals surface area contributed by atoms with E-state index in [-0.39, 0.29) is 29.7 Å². The van der Waals surface area contributed by atoms with Crippen LogP contribution in [0, 0.1) is 5.82 Å². The van der Waals surface area contributed by atoms with E-state index in [0.717, 1.165) is 24.9 Å². The second-order valence-corrected chi connectivity index (χ2v) is 7.00. The van der Waals surface area contributed by atoms with Crippen LogP contribution in [0.5, 0.6) is 0 Å². The summed E-state index contributed by atoms with van der Waals surface area (Å²) in [5, 5.41) is 3.15. The Bertz CT molecular complexity index is 634. The van der Waals surface area contributed by atoms with Crippen LogP contribution in [0.1, 0.15) is 44.2 Å². The molecular weight excluding hydrogens is 321 g/mol. The van der Waals surface area contributed by atoms with Crippen LogP contribution in [0.2, 0.25) is 0 Å². The van der Waals surface area contributed by atoms with Gasteiger partial charge in [-0.25, -0.2) is 4.39 Å². The fraction of sp³-hybridized carbons (Fsp3) is 0.579. The molecule has 2 amide bonds. The summed E-state index contributed by atoms with van der Waals surface area (Å²) in [6, 6.07) is 6.07. The maximum atomic E-state index is 13.2. The van der Waals surface area contributed by atoms with Crippen molar-refractivity contribution in [3.8, 4) is 0 Å². The maximum Gasteiger partial charge on any atom is 0.243 e. The number of nitrogens with one attached hydrogen (secondary N) is 1. The van der Waals surface area contributed by atoms with Gasteiger partial charge in [-0.1, -0.05) is 19.1 Å². The van der Waals surface area contributed by atoms with Gasteiger partial charge in [0.15, 0.2) is 0 Å². The molecule has 0 saturated carbocycles. The lowest BCUT2D eigenvalue weighted by atomic mass is 9.99. The zero-order chi connectivity index (χ0) is 18.0. The molecule has 0 radical (unpaired) electrons. The van der Waals surface area contributed by atoms with Gasteiger partial charge in [-0.15, -0.1) is 0 Å². The molecule has 0 spiro atoms. The topological polar surface area (TPSA) is 52.7 Å². The molecule has 136 valence electrons. The Morgan fingerprint density at radius 2 is 2.04 bits per heavy atom. The lowest BCUT2D eigenvalue weighted by Crippen LogP contribution is -2.50. The lowest BCUT2D eigenvalue weighted by molar-refractivity contribution is -0.138. The van der Waals surface area contributed by atoms with E-state index in [1.54, 1.807) is 17.0 Å². The zero-order valence-corrected chi connectivity index (χ0v) is 14.9. The van der Waals surface area contributed by atoms with Crippen LogP contribution in [0.4, 0.5) is 4.39 Å². The molecule has 0 unspecified atom stereocenters. The van der Waals surface area contributed by atoms with Crippen molar-refractivity contribution in [1.29, 1.82) is 0 Å². The Morgan fingerprint density at radius 1 is 1.32 bits per heavy atom. The predicted octanol–water partition coefficient (Wildman–Crippen LogP) is 2.09. The van der Waals surface area contributed by atoms with Gasteiger partial charge in [0.05, 0.1) is 6.04 Å². The van der Waals surface area contributed by atoms with Crippen LogP contribution in [-0.2, 0) is 9.59 Å². The number of benzene rings is 1. The summed E-state index contributed by atoms with van der Waals surface area (Å²) in [5.74, 6) is -0.269. The van der Waals surface area contributed by atoms with Gasteiger partial charge in [0.1, 0.15) is 11.9 Å². The van der Waals surface area contributed by atoms with E-state index in [0.29, 0.717) is 19.4 Å². The summed E-state index contributed by atoms with van der Waals surface area (Å²) in [7, 11) is 2.02. The summed E-state index contributed by atoms with van der Waals surface area (Å²) in [5.41, 5.74) is 0.997. The van der Waals surface area contributed by atoms with E-state index in [9.17, 15) is 14.0 Å². The SMILES string of the molecule is CC[C@H](C(=O)N[C@@H]1CCN(C)[C@H]1c1ccc(F)cc1)N1CCCC1=O. The molecule has 1 aromatic carbocycles. The third-order valence-corrected chi connectivity index (χ3v) is 5.36. The van der Waals surface area contributed by atoms with Crippen molar-refractivity contribution in [3.63, 3.8) is 0 Å². The molecule has 2 saturated heterocycles. The number of likely N-dealkylation sites (tertiary alicyclic amines) is 2. The van der Waals surface area contributed by atoms with E-state index >= 15 is 0 Å². The summed E-state index contributed by atoms with van der Waals surface area (Å²) < 4.78 is 13.2. The number of hydrogen-bond donors (Lipinski definition) is 1. The number of nitrogens with zero attached hydrogens (tertiary/aromatic N) is 2. The largest absolute Gasteiger partial charge is 0.350 e. The van der Waals surface area contributed by atoms with Crippen molar-refractivity contribution in [2.75, 3.05) is 20.1 Å². The third-order valence-electron chi connectivity index (χ3n) is 5.36. The minimum atomic E-state index is -0.394. The molecule has 1 N–H and O–H groups in total. The van der Waals surface area contributed by atoms with Crippen LogP contribution < -0.4 is 5.32 Å². The first-order valence-electron chi connectivity index (χ1n) is 9.06. The minimum Gasteiger partial charge on any atom is -0.350 e. The van der Waals surface area contributed by atoms with Crippen LogP contribution in [0.3, 0.4) is 0 Å². The van der Waals surface area contributed by atoms with Crippen molar-refractivity contribution in [1.82, 2.24) is 15.1 Å². The molecule has 2 aliphatic heterocycles. The van der Waals surface area contributed by atoms with E-state index < -0.39 is 6.04 Å². The van der Waals surface area contributed by atoms with Gasteiger partial charge in [0.2, 0.25) is 11.8 Å². The molecule has 1 aromatic rings. The van der Waals surface area contributed by atoms with Crippen molar-refractivity contribution < 1.29 is 14.0 Å².